The first-order valence-electron chi connectivity index (χ1n) is 7.75. The van der Waals surface area contributed by atoms with Gasteiger partial charge in [0, 0.05) is 19.8 Å². The lowest BCUT2D eigenvalue weighted by atomic mass is 9.64. The third kappa shape index (κ3) is 3.68. The molecule has 2 aliphatic rings. The van der Waals surface area contributed by atoms with Crippen LogP contribution in [-0.4, -0.2) is 18.8 Å². The van der Waals surface area contributed by atoms with E-state index < -0.39 is 5.67 Å². The van der Waals surface area contributed by atoms with Crippen LogP contribution in [0.15, 0.2) is 23.8 Å². The predicted molar refractivity (Wildman–Crippen MR) is 84.2 cm³/mol. The zero-order valence-corrected chi connectivity index (χ0v) is 13.2. The second-order valence-electron chi connectivity index (χ2n) is 6.10. The minimum atomic E-state index is -1.16. The van der Waals surface area contributed by atoms with Gasteiger partial charge in [-0.25, -0.2) is 4.39 Å². The van der Waals surface area contributed by atoms with Gasteiger partial charge in [0.2, 0.25) is 0 Å². The largest absolute Gasteiger partial charge is 0.316 e. The van der Waals surface area contributed by atoms with E-state index in [0.29, 0.717) is 12.3 Å². The van der Waals surface area contributed by atoms with Gasteiger partial charge in [-0.3, -0.25) is 0 Å². The maximum atomic E-state index is 14.2. The van der Waals surface area contributed by atoms with Gasteiger partial charge < -0.3 is 5.32 Å². The van der Waals surface area contributed by atoms with Crippen LogP contribution in [0, 0.1) is 11.3 Å². The van der Waals surface area contributed by atoms with Gasteiger partial charge in [0.1, 0.15) is 5.67 Å². The first-order chi connectivity index (χ1) is 8.96. The van der Waals surface area contributed by atoms with E-state index in [-0.39, 0.29) is 6.84 Å². The molecule has 0 radical (unpaired) electrons. The third-order valence-electron chi connectivity index (χ3n) is 4.44. The number of allylic oxidation sites excluding steroid dienone is 3. The molecule has 0 aromatic rings. The van der Waals surface area contributed by atoms with Crippen molar-refractivity contribution < 1.29 is 5.82 Å². The summed E-state index contributed by atoms with van der Waals surface area (Å²) in [6.07, 6.45) is 8.67. The number of hydrogen-bond donors (Lipinski definition) is 1. The number of hydrogen-bond acceptors (Lipinski definition) is 1. The summed E-state index contributed by atoms with van der Waals surface area (Å²) >= 11 is 0. The molecular formula is C17H32FN. The van der Waals surface area contributed by atoms with Gasteiger partial charge >= 0.3 is 0 Å². The van der Waals surface area contributed by atoms with Crippen LogP contribution in [0.4, 0.5) is 4.39 Å². The molecule has 0 aromatic heterocycles. The smallest absolute Gasteiger partial charge is 0.130 e. The fourth-order valence-electron chi connectivity index (χ4n) is 3.26. The van der Waals surface area contributed by atoms with Crippen LogP contribution >= 0.6 is 0 Å². The summed E-state index contributed by atoms with van der Waals surface area (Å²) in [7, 11) is 0. The predicted octanol–water partition coefficient (Wildman–Crippen LogP) is 4.90. The van der Waals surface area contributed by atoms with Crippen molar-refractivity contribution >= 4 is 0 Å². The van der Waals surface area contributed by atoms with E-state index in [2.05, 4.69) is 25.2 Å². The highest BCUT2D eigenvalue weighted by atomic mass is 19.1. The SMILES string of the molecule is CC.CC(C)C1(C2=CC=CC(C)(F)C2)CCCNC1.[HH]. The Morgan fingerprint density at radius 1 is 1.37 bits per heavy atom. The van der Waals surface area contributed by atoms with E-state index in [1.165, 1.54) is 18.4 Å². The van der Waals surface area contributed by atoms with Crippen molar-refractivity contribution in [3.05, 3.63) is 23.8 Å². The van der Waals surface area contributed by atoms with Crippen molar-refractivity contribution in [2.75, 3.05) is 13.1 Å². The third-order valence-corrected chi connectivity index (χ3v) is 4.44. The number of alkyl halides is 1. The number of nitrogens with one attached hydrogen (secondary N) is 1. The Kier molecular flexibility index (Phi) is 5.79. The molecule has 0 bridgehead atoms. The van der Waals surface area contributed by atoms with Gasteiger partial charge in [0.15, 0.2) is 0 Å². The zero-order valence-electron chi connectivity index (χ0n) is 13.2. The van der Waals surface area contributed by atoms with E-state index in [9.17, 15) is 4.39 Å². The van der Waals surface area contributed by atoms with Crippen LogP contribution < -0.4 is 5.32 Å². The molecule has 1 saturated heterocycles. The second-order valence-corrected chi connectivity index (χ2v) is 6.10. The van der Waals surface area contributed by atoms with Crippen molar-refractivity contribution in [1.82, 2.24) is 5.32 Å². The maximum Gasteiger partial charge on any atom is 0.130 e. The Morgan fingerprint density at radius 3 is 2.53 bits per heavy atom. The Labute approximate surface area is 119 Å². The van der Waals surface area contributed by atoms with Crippen molar-refractivity contribution in [3.8, 4) is 0 Å². The van der Waals surface area contributed by atoms with Gasteiger partial charge in [-0.1, -0.05) is 45.4 Å². The molecule has 1 nitrogen and oxygen atoms in total. The lowest BCUT2D eigenvalue weighted by Crippen LogP contribution is -2.46. The Morgan fingerprint density at radius 2 is 2.05 bits per heavy atom. The van der Waals surface area contributed by atoms with Crippen LogP contribution in [0.5, 0.6) is 0 Å². The number of halogens is 1. The molecule has 0 amide bonds. The highest BCUT2D eigenvalue weighted by molar-refractivity contribution is 5.31. The molecule has 2 unspecified atom stereocenters. The summed E-state index contributed by atoms with van der Waals surface area (Å²) in [6.45, 7) is 12.3. The summed E-state index contributed by atoms with van der Waals surface area (Å²) in [5, 5.41) is 3.49. The minimum absolute atomic E-state index is 0. The van der Waals surface area contributed by atoms with Crippen molar-refractivity contribution in [3.63, 3.8) is 0 Å². The molecule has 1 heterocycles. The van der Waals surface area contributed by atoms with E-state index in [1.54, 1.807) is 13.0 Å². The summed E-state index contributed by atoms with van der Waals surface area (Å²) in [5.41, 5.74) is 0.298. The average molecular weight is 269 g/mol. The Hall–Kier alpha value is -0.630. The molecular weight excluding hydrogens is 237 g/mol. The molecule has 19 heavy (non-hydrogen) atoms. The average Bonchev–Trinajstić information content (AvgIpc) is 2.40. The van der Waals surface area contributed by atoms with Crippen LogP contribution in [0.25, 0.3) is 0 Å². The fourth-order valence-corrected chi connectivity index (χ4v) is 3.26. The molecule has 1 aliphatic heterocycles. The molecule has 1 aliphatic carbocycles. The number of piperidine rings is 1. The Balaban J connectivity index is 0.00000115. The van der Waals surface area contributed by atoms with Gasteiger partial charge in [-0.2, -0.15) is 0 Å². The van der Waals surface area contributed by atoms with E-state index >= 15 is 0 Å². The molecule has 2 atom stereocenters. The quantitative estimate of drug-likeness (QED) is 0.752. The lowest BCUT2D eigenvalue weighted by molar-refractivity contribution is 0.154. The second kappa shape index (κ2) is 6.69. The lowest BCUT2D eigenvalue weighted by Gasteiger charge is -2.45. The number of rotatable bonds is 2. The first kappa shape index (κ1) is 16.4. The first-order valence-corrected chi connectivity index (χ1v) is 7.75. The van der Waals surface area contributed by atoms with Crippen LogP contribution in [0.2, 0.25) is 0 Å². The van der Waals surface area contributed by atoms with Crippen molar-refractivity contribution in [2.45, 2.75) is 59.5 Å². The van der Waals surface area contributed by atoms with Crippen LogP contribution in [0.1, 0.15) is 55.3 Å². The molecule has 0 spiro atoms. The topological polar surface area (TPSA) is 12.0 Å². The summed E-state index contributed by atoms with van der Waals surface area (Å²) in [5.74, 6) is 0.559. The molecule has 1 N–H and O–H groups in total. The Bertz CT molecular complexity index is 339. The van der Waals surface area contributed by atoms with Gasteiger partial charge in [-0.05, 0) is 38.3 Å². The maximum absolute atomic E-state index is 14.2. The summed E-state index contributed by atoms with van der Waals surface area (Å²) in [6, 6.07) is 0. The van der Waals surface area contributed by atoms with Gasteiger partial charge in [-0.15, -0.1) is 0 Å². The van der Waals surface area contributed by atoms with E-state index in [0.717, 1.165) is 13.1 Å². The normalized spacial score (nSPS) is 34.6. The highest BCUT2D eigenvalue weighted by Gasteiger charge is 2.41. The molecule has 2 rings (SSSR count). The van der Waals surface area contributed by atoms with E-state index in [1.807, 2.05) is 19.9 Å². The molecule has 112 valence electrons. The molecule has 2 heteroatoms. The van der Waals surface area contributed by atoms with E-state index in [4.69, 9.17) is 0 Å². The minimum Gasteiger partial charge on any atom is -0.316 e. The molecule has 0 saturated carbocycles. The summed E-state index contributed by atoms with van der Waals surface area (Å²) < 4.78 is 14.2. The van der Waals surface area contributed by atoms with Crippen molar-refractivity contribution in [1.29, 1.82) is 0 Å². The van der Waals surface area contributed by atoms with Gasteiger partial charge in [0.05, 0.1) is 0 Å². The highest BCUT2D eigenvalue weighted by Crippen LogP contribution is 2.46. The molecule has 1 fully saturated rings. The van der Waals surface area contributed by atoms with Crippen molar-refractivity contribution in [2.24, 2.45) is 11.3 Å². The summed E-state index contributed by atoms with van der Waals surface area (Å²) in [4.78, 5) is 0. The molecule has 0 aromatic carbocycles. The van der Waals surface area contributed by atoms with Crippen LogP contribution in [-0.2, 0) is 0 Å². The van der Waals surface area contributed by atoms with Gasteiger partial charge in [0.25, 0.3) is 0 Å². The standard InChI is InChI=1S/C15H24FN.C2H6.H2/c1-12(2)15(8-5-9-17-11-15)13-6-4-7-14(3,16)10-13;1-2;/h4,6-7,12,17H,5,8-11H2,1-3H3;1-2H3;1H. The van der Waals surface area contributed by atoms with Crippen LogP contribution in [0.3, 0.4) is 0 Å². The monoisotopic (exact) mass is 269 g/mol. The zero-order chi connectivity index (χ0) is 14.5. The fraction of sp³-hybridized carbons (Fsp3) is 0.765.